The van der Waals surface area contributed by atoms with E-state index in [9.17, 15) is 4.79 Å². The van der Waals surface area contributed by atoms with Crippen molar-refractivity contribution in [3.05, 3.63) is 41.7 Å². The third-order valence-corrected chi connectivity index (χ3v) is 7.98. The lowest BCUT2D eigenvalue weighted by atomic mass is 10.1. The molecule has 3 aromatic rings. The molecular formula is C30H41ClN6O4. The lowest BCUT2D eigenvalue weighted by molar-refractivity contribution is 0.0138. The van der Waals surface area contributed by atoms with Crippen LogP contribution in [0.4, 0.5) is 10.5 Å². The number of rotatable bonds is 7. The molecule has 11 heteroatoms. The smallest absolute Gasteiger partial charge is 0.410 e. The Labute approximate surface area is 247 Å². The number of halogens is 1. The Morgan fingerprint density at radius 1 is 0.902 bits per heavy atom. The predicted octanol–water partition coefficient (Wildman–Crippen LogP) is 4.35. The topological polar surface area (TPSA) is 75.0 Å². The lowest BCUT2D eigenvalue weighted by Crippen LogP contribution is -2.53. The molecule has 4 heterocycles. The average Bonchev–Trinajstić information content (AvgIpc) is 3.39. The van der Waals surface area contributed by atoms with Crippen molar-refractivity contribution in [2.24, 2.45) is 0 Å². The van der Waals surface area contributed by atoms with Crippen LogP contribution in [0.25, 0.3) is 16.9 Å². The summed E-state index contributed by atoms with van der Waals surface area (Å²) in [5.41, 5.74) is 3.21. The largest absolute Gasteiger partial charge is 0.496 e. The third-order valence-electron chi connectivity index (χ3n) is 7.69. The highest BCUT2D eigenvalue weighted by molar-refractivity contribution is 6.32. The number of fused-ring (bicyclic) bond motifs is 1. The molecule has 0 radical (unpaired) electrons. The van der Waals surface area contributed by atoms with Gasteiger partial charge in [-0.25, -0.2) is 9.78 Å². The number of benzene rings is 1. The summed E-state index contributed by atoms with van der Waals surface area (Å²) in [7, 11) is 3.22. The van der Waals surface area contributed by atoms with E-state index in [1.54, 1.807) is 20.3 Å². The number of amides is 1. The molecule has 41 heavy (non-hydrogen) atoms. The van der Waals surface area contributed by atoms with E-state index in [1.807, 2.05) is 42.3 Å². The van der Waals surface area contributed by atoms with E-state index in [1.165, 1.54) is 5.69 Å². The summed E-state index contributed by atoms with van der Waals surface area (Å²) >= 11 is 6.40. The number of carbonyl (C=O) groups excluding carboxylic acids is 1. The van der Waals surface area contributed by atoms with Crippen LogP contribution in [0.3, 0.4) is 0 Å². The van der Waals surface area contributed by atoms with Crippen LogP contribution in [-0.4, -0.2) is 115 Å². The number of pyridine rings is 1. The molecule has 1 aromatic carbocycles. The Kier molecular flexibility index (Phi) is 8.82. The summed E-state index contributed by atoms with van der Waals surface area (Å²) in [6, 6.07) is 7.91. The first-order chi connectivity index (χ1) is 19.6. The number of carbonyl (C=O) groups is 1. The maximum absolute atomic E-state index is 12.3. The van der Waals surface area contributed by atoms with Gasteiger partial charge < -0.3 is 28.4 Å². The third kappa shape index (κ3) is 6.99. The van der Waals surface area contributed by atoms with Gasteiger partial charge in [0.2, 0.25) is 0 Å². The molecule has 0 N–H and O–H groups in total. The van der Waals surface area contributed by atoms with E-state index in [-0.39, 0.29) is 6.09 Å². The summed E-state index contributed by atoms with van der Waals surface area (Å²) in [6.45, 7) is 15.0. The maximum Gasteiger partial charge on any atom is 0.410 e. The lowest BCUT2D eigenvalue weighted by Gasteiger charge is -2.39. The monoisotopic (exact) mass is 584 g/mol. The van der Waals surface area contributed by atoms with Gasteiger partial charge >= 0.3 is 6.09 Å². The fraction of sp³-hybridized carbons (Fsp3) is 0.533. The molecule has 222 valence electrons. The van der Waals surface area contributed by atoms with Crippen molar-refractivity contribution in [1.82, 2.24) is 24.1 Å². The first-order valence-electron chi connectivity index (χ1n) is 14.2. The molecule has 2 fully saturated rings. The second-order valence-electron chi connectivity index (χ2n) is 11.6. The number of imidazole rings is 1. The van der Waals surface area contributed by atoms with Crippen molar-refractivity contribution >= 4 is 29.0 Å². The van der Waals surface area contributed by atoms with Crippen LogP contribution in [0.15, 0.2) is 36.7 Å². The van der Waals surface area contributed by atoms with E-state index in [0.717, 1.165) is 82.4 Å². The van der Waals surface area contributed by atoms with Crippen LogP contribution in [0, 0.1) is 0 Å². The summed E-state index contributed by atoms with van der Waals surface area (Å²) in [5.74, 6) is 1.23. The predicted molar refractivity (Wildman–Crippen MR) is 162 cm³/mol. The Balaban J connectivity index is 1.13. The van der Waals surface area contributed by atoms with E-state index < -0.39 is 5.60 Å². The quantitative estimate of drug-likeness (QED) is 0.406. The van der Waals surface area contributed by atoms with E-state index in [4.69, 9.17) is 30.8 Å². The first kappa shape index (κ1) is 29.3. The van der Waals surface area contributed by atoms with Crippen molar-refractivity contribution < 1.29 is 19.0 Å². The number of methoxy groups -OCH3 is 2. The molecule has 0 aliphatic carbocycles. The minimum Gasteiger partial charge on any atom is -0.496 e. The zero-order valence-electron chi connectivity index (χ0n) is 24.7. The molecule has 0 saturated carbocycles. The van der Waals surface area contributed by atoms with E-state index >= 15 is 0 Å². The molecule has 1 amide bonds. The molecule has 0 spiro atoms. The number of ether oxygens (including phenoxy) is 3. The van der Waals surface area contributed by atoms with Crippen molar-refractivity contribution in [3.8, 4) is 22.8 Å². The van der Waals surface area contributed by atoms with Crippen molar-refractivity contribution in [1.29, 1.82) is 0 Å². The van der Waals surface area contributed by atoms with Crippen LogP contribution < -0.4 is 14.4 Å². The number of hydrogen-bond donors (Lipinski definition) is 0. The van der Waals surface area contributed by atoms with Gasteiger partial charge in [-0.2, -0.15) is 0 Å². The second kappa shape index (κ2) is 12.3. The summed E-state index contributed by atoms with van der Waals surface area (Å²) in [6.07, 6.45) is 3.84. The Hall–Kier alpha value is -3.21. The number of hydrogen-bond acceptors (Lipinski definition) is 8. The van der Waals surface area contributed by atoms with Crippen LogP contribution in [0.2, 0.25) is 5.02 Å². The van der Waals surface area contributed by atoms with Crippen LogP contribution >= 0.6 is 11.6 Å². The minimum absolute atomic E-state index is 0.206. The SMILES string of the molecule is COc1cc(OC)c(-c2cn3ccc(N4CCN(CCN5CCN(C(=O)OC(C)(C)C)CC5)CC4)cc3n2)cc1Cl. The van der Waals surface area contributed by atoms with Crippen molar-refractivity contribution in [2.45, 2.75) is 26.4 Å². The van der Waals surface area contributed by atoms with Gasteiger partial charge in [-0.05, 0) is 32.9 Å². The first-order valence-corrected chi connectivity index (χ1v) is 14.6. The summed E-state index contributed by atoms with van der Waals surface area (Å²) in [5, 5.41) is 0.516. The zero-order chi connectivity index (χ0) is 29.1. The standard InChI is InChI=1S/C30H41ClN6O4/c1-30(2,3)41-29(38)36-16-12-34(13-17-36)9-8-33-10-14-35(15-11-33)22-6-7-37-21-25(32-28(37)18-22)23-19-24(31)27(40-5)20-26(23)39-4/h6-7,18-21H,8-17H2,1-5H3. The second-order valence-corrected chi connectivity index (χ2v) is 12.0. The van der Waals surface area contributed by atoms with Crippen molar-refractivity contribution in [3.63, 3.8) is 0 Å². The Bertz CT molecular complexity index is 1360. The van der Waals surface area contributed by atoms with E-state index in [2.05, 4.69) is 33.0 Å². The van der Waals surface area contributed by atoms with Gasteiger partial charge in [0.25, 0.3) is 0 Å². The van der Waals surface area contributed by atoms with Gasteiger partial charge in [-0.15, -0.1) is 0 Å². The van der Waals surface area contributed by atoms with Gasteiger partial charge in [-0.1, -0.05) is 11.6 Å². The molecule has 0 atom stereocenters. The van der Waals surface area contributed by atoms with Gasteiger partial charge in [0, 0.05) is 101 Å². The number of nitrogens with zero attached hydrogens (tertiary/aromatic N) is 6. The average molecular weight is 585 g/mol. The van der Waals surface area contributed by atoms with Gasteiger partial charge in [-0.3, -0.25) is 9.80 Å². The summed E-state index contributed by atoms with van der Waals surface area (Å²) in [4.78, 5) is 26.4. The summed E-state index contributed by atoms with van der Waals surface area (Å²) < 4.78 is 18.5. The zero-order valence-corrected chi connectivity index (χ0v) is 25.5. The molecule has 10 nitrogen and oxygen atoms in total. The molecule has 2 saturated heterocycles. The fourth-order valence-corrected chi connectivity index (χ4v) is 5.59. The van der Waals surface area contributed by atoms with Crippen LogP contribution in [0.1, 0.15) is 20.8 Å². The molecule has 5 rings (SSSR count). The van der Waals surface area contributed by atoms with E-state index in [0.29, 0.717) is 16.5 Å². The van der Waals surface area contributed by atoms with Crippen LogP contribution in [-0.2, 0) is 4.74 Å². The van der Waals surface area contributed by atoms with Gasteiger partial charge in [0.1, 0.15) is 22.7 Å². The normalized spacial score (nSPS) is 17.2. The van der Waals surface area contributed by atoms with Crippen LogP contribution in [0.5, 0.6) is 11.5 Å². The highest BCUT2D eigenvalue weighted by atomic mass is 35.5. The van der Waals surface area contributed by atoms with Gasteiger partial charge in [0.05, 0.1) is 24.9 Å². The fourth-order valence-electron chi connectivity index (χ4n) is 5.35. The number of anilines is 1. The molecule has 0 bridgehead atoms. The Morgan fingerprint density at radius 2 is 1.54 bits per heavy atom. The molecule has 2 aromatic heterocycles. The molecule has 0 unspecified atom stereocenters. The van der Waals surface area contributed by atoms with Crippen molar-refractivity contribution in [2.75, 3.05) is 84.6 Å². The molecular weight excluding hydrogens is 544 g/mol. The van der Waals surface area contributed by atoms with Gasteiger partial charge in [0.15, 0.2) is 0 Å². The highest BCUT2D eigenvalue weighted by Gasteiger charge is 2.26. The Morgan fingerprint density at radius 3 is 2.15 bits per heavy atom. The minimum atomic E-state index is -0.455. The number of aromatic nitrogens is 2. The molecule has 2 aliphatic rings. The molecule has 2 aliphatic heterocycles. The number of piperazine rings is 2. The highest BCUT2D eigenvalue weighted by Crippen LogP contribution is 2.38. The maximum atomic E-state index is 12.3.